The van der Waals surface area contributed by atoms with Gasteiger partial charge < -0.3 is 15.0 Å². The Kier molecular flexibility index (Phi) is 3.21. The lowest BCUT2D eigenvalue weighted by Gasteiger charge is -2.29. The van der Waals surface area contributed by atoms with Crippen molar-refractivity contribution in [3.05, 3.63) is 11.5 Å². The molecule has 0 aliphatic carbocycles. The molecule has 1 N–H and O–H groups in total. The number of anilines is 2. The molecular formula is C9H11ClN4O2. The molecule has 6 nitrogen and oxygen atoms in total. The molecule has 7 heteroatoms. The number of hydrogen-bond donors (Lipinski definition) is 1. The van der Waals surface area contributed by atoms with Crippen LogP contribution < -0.4 is 10.2 Å². The maximum Gasteiger partial charge on any atom is 0.245 e. The minimum Gasteiger partial charge on any atom is -0.383 e. The zero-order chi connectivity index (χ0) is 11.5. The molecule has 1 aliphatic rings. The number of carbonyl (C=O) groups is 1. The highest BCUT2D eigenvalue weighted by molar-refractivity contribution is 6.33. The van der Waals surface area contributed by atoms with E-state index in [0.717, 1.165) is 0 Å². The number of ether oxygens (including phenoxy) is 1. The number of nitrogens with one attached hydrogen (secondary N) is 1. The van der Waals surface area contributed by atoms with Crippen LogP contribution in [0, 0.1) is 0 Å². The molecule has 1 aromatic heterocycles. The van der Waals surface area contributed by atoms with Crippen LogP contribution in [0.2, 0.25) is 5.15 Å². The van der Waals surface area contributed by atoms with Crippen LogP contribution >= 0.6 is 11.6 Å². The van der Waals surface area contributed by atoms with E-state index in [1.165, 1.54) is 6.33 Å². The van der Waals surface area contributed by atoms with Gasteiger partial charge in [-0.15, -0.1) is 0 Å². The van der Waals surface area contributed by atoms with Gasteiger partial charge in [0, 0.05) is 13.7 Å². The second kappa shape index (κ2) is 4.63. The standard InChI is InChI=1S/C9H11ClN4O2/c1-16-3-2-14-4-6(15)13-9-7(14)8(10)11-5-12-9/h5H,2-4H2,1H3,(H,11,12,13,15). The molecule has 0 spiro atoms. The van der Waals surface area contributed by atoms with Crippen LogP contribution in [0.4, 0.5) is 11.5 Å². The monoisotopic (exact) mass is 242 g/mol. The minimum atomic E-state index is -0.113. The Balaban J connectivity index is 2.32. The predicted octanol–water partition coefficient (Wildman–Crippen LogP) is 0.535. The van der Waals surface area contributed by atoms with Crippen molar-refractivity contribution in [3.8, 4) is 0 Å². The van der Waals surface area contributed by atoms with Gasteiger partial charge in [-0.2, -0.15) is 0 Å². The summed E-state index contributed by atoms with van der Waals surface area (Å²) < 4.78 is 4.98. The van der Waals surface area contributed by atoms with Crippen LogP contribution in [0.5, 0.6) is 0 Å². The number of hydrogen-bond acceptors (Lipinski definition) is 5. The van der Waals surface area contributed by atoms with Crippen LogP contribution in [0.15, 0.2) is 6.33 Å². The van der Waals surface area contributed by atoms with E-state index >= 15 is 0 Å². The van der Waals surface area contributed by atoms with Crippen LogP contribution in [0.1, 0.15) is 0 Å². The molecule has 2 heterocycles. The van der Waals surface area contributed by atoms with Gasteiger partial charge in [0.2, 0.25) is 5.91 Å². The summed E-state index contributed by atoms with van der Waals surface area (Å²) in [5, 5.41) is 2.98. The third-order valence-corrected chi connectivity index (χ3v) is 2.53. The smallest absolute Gasteiger partial charge is 0.245 e. The van der Waals surface area contributed by atoms with E-state index in [9.17, 15) is 4.79 Å². The maximum absolute atomic E-state index is 11.4. The third kappa shape index (κ3) is 2.07. The zero-order valence-corrected chi connectivity index (χ0v) is 9.49. The summed E-state index contributed by atoms with van der Waals surface area (Å²) in [5.41, 5.74) is 0.654. The molecule has 0 saturated carbocycles. The number of nitrogens with zero attached hydrogens (tertiary/aromatic N) is 3. The van der Waals surface area contributed by atoms with Crippen molar-refractivity contribution in [2.24, 2.45) is 0 Å². The summed E-state index contributed by atoms with van der Waals surface area (Å²) in [6.45, 7) is 1.32. The fourth-order valence-corrected chi connectivity index (χ4v) is 1.80. The molecule has 0 atom stereocenters. The molecular weight excluding hydrogens is 232 g/mol. The Labute approximate surface area is 97.6 Å². The number of halogens is 1. The minimum absolute atomic E-state index is 0.113. The second-order valence-electron chi connectivity index (χ2n) is 3.32. The molecule has 0 unspecified atom stereocenters. The first-order chi connectivity index (χ1) is 7.72. The van der Waals surface area contributed by atoms with E-state index in [2.05, 4.69) is 15.3 Å². The van der Waals surface area contributed by atoms with Gasteiger partial charge >= 0.3 is 0 Å². The average molecular weight is 243 g/mol. The Morgan fingerprint density at radius 3 is 3.19 bits per heavy atom. The van der Waals surface area contributed by atoms with Gasteiger partial charge in [-0.3, -0.25) is 4.79 Å². The summed E-state index contributed by atoms with van der Waals surface area (Å²) in [5.74, 6) is 0.339. The first-order valence-corrected chi connectivity index (χ1v) is 5.14. The molecule has 1 amide bonds. The van der Waals surface area contributed by atoms with E-state index in [-0.39, 0.29) is 12.5 Å². The summed E-state index contributed by atoms with van der Waals surface area (Å²) in [7, 11) is 1.61. The highest BCUT2D eigenvalue weighted by Crippen LogP contribution is 2.32. The predicted molar refractivity (Wildman–Crippen MR) is 59.8 cm³/mol. The molecule has 0 radical (unpaired) electrons. The van der Waals surface area contributed by atoms with E-state index in [0.29, 0.717) is 29.8 Å². The summed E-state index contributed by atoms with van der Waals surface area (Å²) >= 11 is 5.98. The normalized spacial score (nSPS) is 14.6. The Morgan fingerprint density at radius 2 is 2.44 bits per heavy atom. The number of aromatic nitrogens is 2. The summed E-state index contributed by atoms with van der Waals surface area (Å²) in [6, 6.07) is 0. The van der Waals surface area contributed by atoms with Crippen LogP contribution in [-0.2, 0) is 9.53 Å². The fraction of sp³-hybridized carbons (Fsp3) is 0.444. The van der Waals surface area contributed by atoms with Crippen LogP contribution in [0.25, 0.3) is 0 Å². The molecule has 0 saturated heterocycles. The molecule has 2 rings (SSSR count). The number of amides is 1. The van der Waals surface area contributed by atoms with Crippen molar-refractivity contribution in [1.29, 1.82) is 0 Å². The third-order valence-electron chi connectivity index (χ3n) is 2.25. The lowest BCUT2D eigenvalue weighted by Crippen LogP contribution is -2.40. The average Bonchev–Trinajstić information content (AvgIpc) is 2.25. The molecule has 0 bridgehead atoms. The van der Waals surface area contributed by atoms with Gasteiger partial charge in [-0.25, -0.2) is 9.97 Å². The van der Waals surface area contributed by atoms with E-state index in [4.69, 9.17) is 16.3 Å². The Morgan fingerprint density at radius 1 is 1.62 bits per heavy atom. The molecule has 1 aliphatic heterocycles. The number of fused-ring (bicyclic) bond motifs is 1. The van der Waals surface area contributed by atoms with Crippen molar-refractivity contribution in [1.82, 2.24) is 9.97 Å². The van der Waals surface area contributed by atoms with Crippen molar-refractivity contribution < 1.29 is 9.53 Å². The SMILES string of the molecule is COCCN1CC(=O)Nc2ncnc(Cl)c21. The zero-order valence-electron chi connectivity index (χ0n) is 8.73. The van der Waals surface area contributed by atoms with Crippen molar-refractivity contribution >= 4 is 29.0 Å². The fourth-order valence-electron chi connectivity index (χ4n) is 1.55. The maximum atomic E-state index is 11.4. The first-order valence-electron chi connectivity index (χ1n) is 4.76. The largest absolute Gasteiger partial charge is 0.383 e. The highest BCUT2D eigenvalue weighted by Gasteiger charge is 2.25. The Bertz CT molecular complexity index is 412. The topological polar surface area (TPSA) is 67.3 Å². The summed E-state index contributed by atoms with van der Waals surface area (Å²) in [4.78, 5) is 21.1. The lowest BCUT2D eigenvalue weighted by atomic mass is 10.3. The second-order valence-corrected chi connectivity index (χ2v) is 3.68. The lowest BCUT2D eigenvalue weighted by molar-refractivity contribution is -0.115. The quantitative estimate of drug-likeness (QED) is 0.784. The van der Waals surface area contributed by atoms with Crippen molar-refractivity contribution in [2.45, 2.75) is 0 Å². The van der Waals surface area contributed by atoms with Gasteiger partial charge in [-0.1, -0.05) is 11.6 Å². The van der Waals surface area contributed by atoms with Gasteiger partial charge in [0.25, 0.3) is 0 Å². The van der Waals surface area contributed by atoms with E-state index in [1.807, 2.05) is 0 Å². The molecule has 16 heavy (non-hydrogen) atoms. The van der Waals surface area contributed by atoms with Crippen molar-refractivity contribution in [2.75, 3.05) is 37.0 Å². The van der Waals surface area contributed by atoms with Crippen LogP contribution in [0.3, 0.4) is 0 Å². The van der Waals surface area contributed by atoms with Gasteiger partial charge in [0.1, 0.15) is 12.0 Å². The number of rotatable bonds is 3. The molecule has 0 aromatic carbocycles. The molecule has 0 fully saturated rings. The van der Waals surface area contributed by atoms with Gasteiger partial charge in [-0.05, 0) is 0 Å². The molecule has 86 valence electrons. The van der Waals surface area contributed by atoms with Crippen molar-refractivity contribution in [3.63, 3.8) is 0 Å². The number of carbonyl (C=O) groups excluding carboxylic acids is 1. The summed E-state index contributed by atoms with van der Waals surface area (Å²) in [6.07, 6.45) is 1.32. The molecule has 1 aromatic rings. The van der Waals surface area contributed by atoms with E-state index in [1.54, 1.807) is 12.0 Å². The highest BCUT2D eigenvalue weighted by atomic mass is 35.5. The van der Waals surface area contributed by atoms with E-state index < -0.39 is 0 Å². The van der Waals surface area contributed by atoms with Gasteiger partial charge in [0.05, 0.1) is 13.2 Å². The Hall–Kier alpha value is -1.40. The number of methoxy groups -OCH3 is 1. The first kappa shape index (κ1) is 11.1. The van der Waals surface area contributed by atoms with Crippen LogP contribution in [-0.4, -0.2) is 42.7 Å². The van der Waals surface area contributed by atoms with Gasteiger partial charge in [0.15, 0.2) is 11.0 Å².